The van der Waals surface area contributed by atoms with Crippen molar-refractivity contribution in [2.75, 3.05) is 13.1 Å². The molecule has 1 atom stereocenters. The van der Waals surface area contributed by atoms with E-state index >= 15 is 0 Å². The van der Waals surface area contributed by atoms with E-state index in [0.29, 0.717) is 6.42 Å². The van der Waals surface area contributed by atoms with Crippen LogP contribution in [0.1, 0.15) is 32.1 Å². The Hall–Kier alpha value is -2.10. The van der Waals surface area contributed by atoms with Crippen LogP contribution in [0.3, 0.4) is 0 Å². The molecule has 1 N–H and O–H groups in total. The van der Waals surface area contributed by atoms with Crippen LogP contribution in [0.4, 0.5) is 0 Å². The third-order valence-corrected chi connectivity index (χ3v) is 5.27. The first-order valence-corrected chi connectivity index (χ1v) is 8.08. The Morgan fingerprint density at radius 1 is 1.00 bits per heavy atom. The summed E-state index contributed by atoms with van der Waals surface area (Å²) < 4.78 is 0. The quantitative estimate of drug-likeness (QED) is 0.755. The second-order valence-corrected chi connectivity index (χ2v) is 6.58. The van der Waals surface area contributed by atoms with Crippen molar-refractivity contribution in [1.29, 1.82) is 0 Å². The van der Waals surface area contributed by atoms with Crippen molar-refractivity contribution in [1.82, 2.24) is 10.2 Å². The zero-order valence-electron chi connectivity index (χ0n) is 12.6. The lowest BCUT2D eigenvalue weighted by Gasteiger charge is -2.45. The first-order chi connectivity index (χ1) is 10.7. The number of carbonyl (C=O) groups excluding carboxylic acids is 2. The molecule has 4 rings (SSSR count). The van der Waals surface area contributed by atoms with Crippen molar-refractivity contribution in [2.24, 2.45) is 5.41 Å². The van der Waals surface area contributed by atoms with Crippen LogP contribution in [0.25, 0.3) is 0 Å². The maximum Gasteiger partial charge on any atom is 0.254 e. The van der Waals surface area contributed by atoms with E-state index in [4.69, 9.17) is 0 Å². The van der Waals surface area contributed by atoms with Gasteiger partial charge >= 0.3 is 0 Å². The summed E-state index contributed by atoms with van der Waals surface area (Å²) in [4.78, 5) is 26.7. The summed E-state index contributed by atoms with van der Waals surface area (Å²) in [6.45, 7) is 2.17. The maximum absolute atomic E-state index is 12.3. The highest BCUT2D eigenvalue weighted by Crippen LogP contribution is 2.51. The molecule has 22 heavy (non-hydrogen) atoms. The van der Waals surface area contributed by atoms with Crippen molar-refractivity contribution in [3.63, 3.8) is 0 Å². The van der Waals surface area contributed by atoms with Gasteiger partial charge in [-0.25, -0.2) is 0 Å². The molecule has 1 spiro atoms. The smallest absolute Gasteiger partial charge is 0.254 e. The molecule has 1 unspecified atom stereocenters. The highest BCUT2D eigenvalue weighted by Gasteiger charge is 2.48. The van der Waals surface area contributed by atoms with Crippen LogP contribution in [-0.4, -0.2) is 29.8 Å². The third kappa shape index (κ3) is 1.97. The standard InChI is InChI=1S/C18H20N2O2/c21-16-12-18-11-14(20-9-2-1-3-10-20)8-7-13(18)5-4-6-15(18)17(22)19-16/h4-8H,1-3,9-12H2,(H,19,21,22). The number of nitrogens with one attached hydrogen (secondary N) is 1. The van der Waals surface area contributed by atoms with E-state index in [2.05, 4.69) is 22.4 Å². The molecule has 114 valence electrons. The van der Waals surface area contributed by atoms with Crippen LogP contribution in [0.5, 0.6) is 0 Å². The minimum Gasteiger partial charge on any atom is -0.375 e. The predicted octanol–water partition coefficient (Wildman–Crippen LogP) is 2.22. The van der Waals surface area contributed by atoms with Crippen molar-refractivity contribution >= 4 is 11.8 Å². The number of amides is 2. The summed E-state index contributed by atoms with van der Waals surface area (Å²) in [5, 5.41) is 2.46. The molecule has 2 fully saturated rings. The van der Waals surface area contributed by atoms with E-state index in [1.807, 2.05) is 18.2 Å². The number of carbonyl (C=O) groups is 2. The molecule has 0 aromatic carbocycles. The summed E-state index contributed by atoms with van der Waals surface area (Å²) in [7, 11) is 0. The van der Waals surface area contributed by atoms with Crippen LogP contribution >= 0.6 is 0 Å². The average Bonchev–Trinajstić information content (AvgIpc) is 2.53. The molecule has 4 heteroatoms. The number of nitrogens with zero attached hydrogens (tertiary/aromatic N) is 1. The molecular weight excluding hydrogens is 276 g/mol. The van der Waals surface area contributed by atoms with Gasteiger partial charge in [0.25, 0.3) is 5.91 Å². The number of likely N-dealkylation sites (tertiary alicyclic amines) is 1. The van der Waals surface area contributed by atoms with Gasteiger partial charge in [-0.1, -0.05) is 24.3 Å². The maximum atomic E-state index is 12.3. The molecule has 2 saturated heterocycles. The van der Waals surface area contributed by atoms with Gasteiger partial charge < -0.3 is 4.90 Å². The molecule has 2 amide bonds. The lowest BCUT2D eigenvalue weighted by molar-refractivity contribution is -0.132. The van der Waals surface area contributed by atoms with Gasteiger partial charge in [0.2, 0.25) is 5.91 Å². The Balaban J connectivity index is 1.73. The molecule has 0 saturated carbocycles. The van der Waals surface area contributed by atoms with Gasteiger partial charge in [-0.2, -0.15) is 0 Å². The van der Waals surface area contributed by atoms with Gasteiger partial charge in [0.05, 0.1) is 0 Å². The van der Waals surface area contributed by atoms with Crippen molar-refractivity contribution in [3.8, 4) is 0 Å². The number of allylic oxidation sites excluding steroid dienone is 7. The molecule has 0 bridgehead atoms. The van der Waals surface area contributed by atoms with E-state index in [1.165, 1.54) is 25.0 Å². The lowest BCUT2D eigenvalue weighted by Crippen LogP contribution is -2.49. The summed E-state index contributed by atoms with van der Waals surface area (Å²) >= 11 is 0. The second kappa shape index (κ2) is 4.97. The minimum absolute atomic E-state index is 0.164. The Labute approximate surface area is 130 Å². The Morgan fingerprint density at radius 3 is 2.64 bits per heavy atom. The van der Waals surface area contributed by atoms with Gasteiger partial charge in [-0.15, -0.1) is 0 Å². The van der Waals surface area contributed by atoms with Gasteiger partial charge in [-0.05, 0) is 30.9 Å². The molecular formula is C18H20N2O2. The van der Waals surface area contributed by atoms with Gasteiger partial charge in [0, 0.05) is 42.6 Å². The van der Waals surface area contributed by atoms with E-state index in [9.17, 15) is 9.59 Å². The monoisotopic (exact) mass is 296 g/mol. The lowest BCUT2D eigenvalue weighted by atomic mass is 9.62. The van der Waals surface area contributed by atoms with Gasteiger partial charge in [0.1, 0.15) is 0 Å². The van der Waals surface area contributed by atoms with E-state index in [-0.39, 0.29) is 11.8 Å². The molecule has 4 nitrogen and oxygen atoms in total. The molecule has 4 aliphatic rings. The average molecular weight is 296 g/mol. The van der Waals surface area contributed by atoms with Crippen molar-refractivity contribution in [3.05, 3.63) is 47.2 Å². The number of hydrogen-bond donors (Lipinski definition) is 1. The number of imide groups is 1. The molecule has 0 radical (unpaired) electrons. The first-order valence-electron chi connectivity index (χ1n) is 8.08. The topological polar surface area (TPSA) is 49.4 Å². The summed E-state index contributed by atoms with van der Waals surface area (Å²) in [6, 6.07) is 0. The fourth-order valence-corrected chi connectivity index (χ4v) is 4.15. The van der Waals surface area contributed by atoms with E-state index < -0.39 is 5.41 Å². The number of hydrogen-bond acceptors (Lipinski definition) is 3. The van der Waals surface area contributed by atoms with E-state index in [0.717, 1.165) is 30.7 Å². The zero-order chi connectivity index (χ0) is 15.2. The SMILES string of the molecule is O=C1CC23CC(N4CCCCC4)=CC=C2C=CC=C3C(=O)N1. The van der Waals surface area contributed by atoms with Crippen LogP contribution in [0, 0.1) is 5.41 Å². The number of rotatable bonds is 1. The molecule has 2 aliphatic carbocycles. The predicted molar refractivity (Wildman–Crippen MR) is 83.6 cm³/mol. The number of piperidine rings is 2. The van der Waals surface area contributed by atoms with Crippen LogP contribution in [-0.2, 0) is 9.59 Å². The van der Waals surface area contributed by atoms with Crippen molar-refractivity contribution in [2.45, 2.75) is 32.1 Å². The summed E-state index contributed by atoms with van der Waals surface area (Å²) in [6.07, 6.45) is 15.0. The third-order valence-electron chi connectivity index (χ3n) is 5.27. The fraction of sp³-hybridized carbons (Fsp3) is 0.444. The highest BCUT2D eigenvalue weighted by atomic mass is 16.2. The summed E-state index contributed by atoms with van der Waals surface area (Å²) in [5.41, 5.74) is 2.65. The molecule has 2 aliphatic heterocycles. The normalized spacial score (nSPS) is 30.7. The molecule has 0 aromatic rings. The second-order valence-electron chi connectivity index (χ2n) is 6.58. The van der Waals surface area contributed by atoms with Crippen LogP contribution in [0.2, 0.25) is 0 Å². The molecule has 0 aromatic heterocycles. The first kappa shape index (κ1) is 13.6. The zero-order valence-corrected chi connectivity index (χ0v) is 12.6. The Kier molecular flexibility index (Phi) is 3.06. The largest absolute Gasteiger partial charge is 0.375 e. The summed E-state index contributed by atoms with van der Waals surface area (Å²) in [5.74, 6) is -0.394. The minimum atomic E-state index is -0.449. The Morgan fingerprint density at radius 2 is 1.82 bits per heavy atom. The van der Waals surface area contributed by atoms with Gasteiger partial charge in [-0.3, -0.25) is 14.9 Å². The van der Waals surface area contributed by atoms with E-state index in [1.54, 1.807) is 0 Å². The van der Waals surface area contributed by atoms with Crippen molar-refractivity contribution < 1.29 is 9.59 Å². The Bertz CT molecular complexity index is 663. The van der Waals surface area contributed by atoms with Crippen LogP contribution in [0.15, 0.2) is 47.2 Å². The highest BCUT2D eigenvalue weighted by molar-refractivity contribution is 6.10. The van der Waals surface area contributed by atoms with Crippen LogP contribution < -0.4 is 5.32 Å². The van der Waals surface area contributed by atoms with Gasteiger partial charge in [0.15, 0.2) is 0 Å². The molecule has 2 heterocycles. The fourth-order valence-electron chi connectivity index (χ4n) is 4.15.